The smallest absolute Gasteiger partial charge is 0.265 e. The number of aromatic nitrogens is 2. The van der Waals surface area contributed by atoms with Crippen LogP contribution in [0.15, 0.2) is 47.5 Å². The van der Waals surface area contributed by atoms with Gasteiger partial charge in [0, 0.05) is 44.8 Å². The van der Waals surface area contributed by atoms with Gasteiger partial charge in [0.2, 0.25) is 0 Å². The van der Waals surface area contributed by atoms with Gasteiger partial charge in [0.05, 0.1) is 16.6 Å². The molecule has 4 rings (SSSR count). The SMILES string of the molecule is CCNC(=O)c1ccc(C)c(-n2cnc3ccc(OCCN4CCN(C)CC4)cc3c2=O)c1. The topological polar surface area (TPSA) is 79.7 Å². The van der Waals surface area contributed by atoms with E-state index in [0.29, 0.717) is 41.1 Å². The number of nitrogens with one attached hydrogen (secondary N) is 1. The highest BCUT2D eigenvalue weighted by Crippen LogP contribution is 2.19. The van der Waals surface area contributed by atoms with Gasteiger partial charge in [0.25, 0.3) is 11.5 Å². The number of carbonyl (C=O) groups is 1. The first kappa shape index (κ1) is 22.9. The largest absolute Gasteiger partial charge is 0.492 e. The van der Waals surface area contributed by atoms with E-state index in [0.717, 1.165) is 38.3 Å². The van der Waals surface area contributed by atoms with Gasteiger partial charge in [0.15, 0.2) is 0 Å². The Balaban J connectivity index is 1.56. The minimum atomic E-state index is -0.194. The second-order valence-corrected chi connectivity index (χ2v) is 8.45. The van der Waals surface area contributed by atoms with Crippen molar-refractivity contribution in [1.82, 2.24) is 24.7 Å². The summed E-state index contributed by atoms with van der Waals surface area (Å²) in [6.07, 6.45) is 1.52. The number of aryl methyl sites for hydroxylation is 1. The fourth-order valence-corrected chi connectivity index (χ4v) is 4.00. The molecule has 1 N–H and O–H groups in total. The monoisotopic (exact) mass is 449 g/mol. The second kappa shape index (κ2) is 10.1. The van der Waals surface area contributed by atoms with Crippen molar-refractivity contribution in [3.8, 4) is 11.4 Å². The molecule has 1 aromatic heterocycles. The summed E-state index contributed by atoms with van der Waals surface area (Å²) >= 11 is 0. The third-order valence-electron chi connectivity index (χ3n) is 6.07. The number of likely N-dealkylation sites (N-methyl/N-ethyl adjacent to an activating group) is 1. The number of benzene rings is 2. The van der Waals surface area contributed by atoms with Crippen molar-refractivity contribution in [1.29, 1.82) is 0 Å². The lowest BCUT2D eigenvalue weighted by Crippen LogP contribution is -2.45. The van der Waals surface area contributed by atoms with Crippen LogP contribution in [0, 0.1) is 6.92 Å². The van der Waals surface area contributed by atoms with Gasteiger partial charge in [-0.15, -0.1) is 0 Å². The first-order valence-corrected chi connectivity index (χ1v) is 11.4. The Morgan fingerprint density at radius 2 is 1.91 bits per heavy atom. The number of amides is 1. The quantitative estimate of drug-likeness (QED) is 0.595. The molecule has 1 saturated heterocycles. The lowest BCUT2D eigenvalue weighted by molar-refractivity contribution is 0.0956. The van der Waals surface area contributed by atoms with Crippen LogP contribution in [-0.4, -0.2) is 78.2 Å². The van der Waals surface area contributed by atoms with Gasteiger partial charge >= 0.3 is 0 Å². The summed E-state index contributed by atoms with van der Waals surface area (Å²) < 4.78 is 7.46. The zero-order valence-corrected chi connectivity index (χ0v) is 19.5. The molecule has 2 aromatic carbocycles. The van der Waals surface area contributed by atoms with E-state index in [1.54, 1.807) is 18.2 Å². The molecule has 1 aliphatic rings. The summed E-state index contributed by atoms with van der Waals surface area (Å²) in [6.45, 7) is 9.97. The standard InChI is InChI=1S/C25H31N5O3/c1-4-26-24(31)19-6-5-18(2)23(15-19)30-17-27-22-8-7-20(16-21(22)25(30)32)33-14-13-29-11-9-28(3)10-12-29/h5-8,15-17H,4,9-14H2,1-3H3,(H,26,31). The molecule has 3 aromatic rings. The highest BCUT2D eigenvalue weighted by atomic mass is 16.5. The summed E-state index contributed by atoms with van der Waals surface area (Å²) in [6, 6.07) is 10.7. The number of nitrogens with zero attached hydrogens (tertiary/aromatic N) is 4. The number of rotatable bonds is 7. The number of ether oxygens (including phenoxy) is 1. The molecule has 0 spiro atoms. The number of carbonyl (C=O) groups excluding carboxylic acids is 1. The molecule has 0 atom stereocenters. The molecular formula is C25H31N5O3. The van der Waals surface area contributed by atoms with Crippen LogP contribution >= 0.6 is 0 Å². The molecule has 0 unspecified atom stereocenters. The molecule has 1 amide bonds. The van der Waals surface area contributed by atoms with Crippen molar-refractivity contribution in [2.24, 2.45) is 0 Å². The molecule has 33 heavy (non-hydrogen) atoms. The number of fused-ring (bicyclic) bond motifs is 1. The summed E-state index contributed by atoms with van der Waals surface area (Å²) in [5.41, 5.74) is 2.44. The van der Waals surface area contributed by atoms with Crippen molar-refractivity contribution in [2.75, 3.05) is 52.9 Å². The Bertz CT molecular complexity index is 1200. The van der Waals surface area contributed by atoms with E-state index in [1.165, 1.54) is 10.9 Å². The molecule has 0 aliphatic carbocycles. The van der Waals surface area contributed by atoms with Crippen LogP contribution in [0.1, 0.15) is 22.8 Å². The van der Waals surface area contributed by atoms with Crippen molar-refractivity contribution in [2.45, 2.75) is 13.8 Å². The Kier molecular flexibility index (Phi) is 7.05. The fraction of sp³-hybridized carbons (Fsp3) is 0.400. The Morgan fingerprint density at radius 1 is 1.12 bits per heavy atom. The lowest BCUT2D eigenvalue weighted by atomic mass is 10.1. The van der Waals surface area contributed by atoms with E-state index < -0.39 is 0 Å². The van der Waals surface area contributed by atoms with Gasteiger partial charge in [-0.05, 0) is 56.8 Å². The van der Waals surface area contributed by atoms with Crippen molar-refractivity contribution < 1.29 is 9.53 Å². The molecule has 0 bridgehead atoms. The molecule has 0 saturated carbocycles. The van der Waals surface area contributed by atoms with Crippen LogP contribution in [0.25, 0.3) is 16.6 Å². The Hall–Kier alpha value is -3.23. The van der Waals surface area contributed by atoms with Crippen LogP contribution < -0.4 is 15.6 Å². The average molecular weight is 450 g/mol. The zero-order chi connectivity index (χ0) is 23.4. The van der Waals surface area contributed by atoms with Gasteiger partial charge < -0.3 is 15.0 Å². The Morgan fingerprint density at radius 3 is 2.67 bits per heavy atom. The highest BCUT2D eigenvalue weighted by molar-refractivity contribution is 5.94. The second-order valence-electron chi connectivity index (χ2n) is 8.45. The van der Waals surface area contributed by atoms with Crippen LogP contribution in [0.3, 0.4) is 0 Å². The van der Waals surface area contributed by atoms with Gasteiger partial charge in [-0.1, -0.05) is 6.07 Å². The number of hydrogen-bond acceptors (Lipinski definition) is 6. The van der Waals surface area contributed by atoms with E-state index in [4.69, 9.17) is 4.74 Å². The number of hydrogen-bond donors (Lipinski definition) is 1. The molecule has 2 heterocycles. The molecule has 8 nitrogen and oxygen atoms in total. The summed E-state index contributed by atoms with van der Waals surface area (Å²) in [5, 5.41) is 3.28. The van der Waals surface area contributed by atoms with E-state index in [9.17, 15) is 9.59 Å². The lowest BCUT2D eigenvalue weighted by Gasteiger charge is -2.32. The van der Waals surface area contributed by atoms with E-state index >= 15 is 0 Å². The van der Waals surface area contributed by atoms with Crippen LogP contribution in [0.5, 0.6) is 5.75 Å². The molecule has 1 aliphatic heterocycles. The van der Waals surface area contributed by atoms with E-state index in [-0.39, 0.29) is 11.5 Å². The van der Waals surface area contributed by atoms with Crippen LogP contribution in [0.2, 0.25) is 0 Å². The first-order chi connectivity index (χ1) is 16.0. The molecule has 1 fully saturated rings. The summed E-state index contributed by atoms with van der Waals surface area (Å²) in [4.78, 5) is 34.8. The van der Waals surface area contributed by atoms with Crippen molar-refractivity contribution in [3.05, 3.63) is 64.2 Å². The molecule has 0 radical (unpaired) electrons. The maximum Gasteiger partial charge on any atom is 0.265 e. The van der Waals surface area contributed by atoms with E-state index in [2.05, 4.69) is 27.1 Å². The van der Waals surface area contributed by atoms with Crippen molar-refractivity contribution in [3.63, 3.8) is 0 Å². The van der Waals surface area contributed by atoms with Gasteiger partial charge in [-0.3, -0.25) is 19.1 Å². The normalized spacial score (nSPS) is 15.0. The van der Waals surface area contributed by atoms with Crippen molar-refractivity contribution >= 4 is 16.8 Å². The summed E-state index contributed by atoms with van der Waals surface area (Å²) in [7, 11) is 2.14. The minimum Gasteiger partial charge on any atom is -0.492 e. The van der Waals surface area contributed by atoms with E-state index in [1.807, 2.05) is 32.0 Å². The van der Waals surface area contributed by atoms with Gasteiger partial charge in [-0.2, -0.15) is 0 Å². The van der Waals surface area contributed by atoms with Crippen LogP contribution in [0.4, 0.5) is 0 Å². The van der Waals surface area contributed by atoms with Crippen LogP contribution in [-0.2, 0) is 0 Å². The predicted molar refractivity (Wildman–Crippen MR) is 130 cm³/mol. The highest BCUT2D eigenvalue weighted by Gasteiger charge is 2.14. The van der Waals surface area contributed by atoms with Gasteiger partial charge in [-0.25, -0.2) is 4.98 Å². The van der Waals surface area contributed by atoms with Gasteiger partial charge in [0.1, 0.15) is 18.7 Å². The molecular weight excluding hydrogens is 418 g/mol. The minimum absolute atomic E-state index is 0.170. The zero-order valence-electron chi connectivity index (χ0n) is 19.5. The third kappa shape index (κ3) is 5.23. The number of piperazine rings is 1. The average Bonchev–Trinajstić information content (AvgIpc) is 2.82. The third-order valence-corrected chi connectivity index (χ3v) is 6.07. The first-order valence-electron chi connectivity index (χ1n) is 11.4. The fourth-order valence-electron chi connectivity index (χ4n) is 4.00. The molecule has 8 heteroatoms. The molecule has 174 valence electrons. The Labute approximate surface area is 193 Å². The predicted octanol–water partition coefficient (Wildman–Crippen LogP) is 2.07. The summed E-state index contributed by atoms with van der Waals surface area (Å²) in [5.74, 6) is 0.484. The maximum atomic E-state index is 13.3. The maximum absolute atomic E-state index is 13.3.